The molecule has 0 amide bonds. The average molecular weight is 381 g/mol. The van der Waals surface area contributed by atoms with Crippen molar-refractivity contribution < 1.29 is 8.78 Å². The van der Waals surface area contributed by atoms with Crippen LogP contribution in [0.25, 0.3) is 28.0 Å². The molecule has 4 aromatic rings. The minimum absolute atomic E-state index is 0.0790. The molecule has 0 aliphatic heterocycles. The Morgan fingerprint density at radius 3 is 2.64 bits per heavy atom. The van der Waals surface area contributed by atoms with Gasteiger partial charge in [-0.2, -0.15) is 5.10 Å². The Bertz CT molecular complexity index is 1120. The van der Waals surface area contributed by atoms with Crippen molar-refractivity contribution in [1.29, 1.82) is 0 Å². The van der Waals surface area contributed by atoms with Crippen LogP contribution < -0.4 is 0 Å². The van der Waals surface area contributed by atoms with Crippen LogP contribution in [-0.2, 0) is 6.54 Å². The largest absolute Gasteiger partial charge is 0.307 e. The minimum Gasteiger partial charge on any atom is -0.307 e. The van der Waals surface area contributed by atoms with Crippen LogP contribution in [0.2, 0.25) is 0 Å². The van der Waals surface area contributed by atoms with Gasteiger partial charge in [0.15, 0.2) is 0 Å². The lowest BCUT2D eigenvalue weighted by molar-refractivity contribution is 0.146. The fraction of sp³-hybridized carbons (Fsp3) is 0.286. The molecule has 4 heterocycles. The van der Waals surface area contributed by atoms with Crippen LogP contribution in [0.15, 0.2) is 55.2 Å². The maximum Gasteiger partial charge on any atom is 0.280 e. The van der Waals surface area contributed by atoms with Gasteiger partial charge in [0.2, 0.25) is 0 Å². The van der Waals surface area contributed by atoms with Gasteiger partial charge in [-0.15, -0.1) is 0 Å². The van der Waals surface area contributed by atoms with Gasteiger partial charge in [0, 0.05) is 48.0 Å². The average Bonchev–Trinajstić information content (AvgIpc) is 3.28. The van der Waals surface area contributed by atoms with Gasteiger partial charge >= 0.3 is 0 Å². The summed E-state index contributed by atoms with van der Waals surface area (Å²) in [5.74, 6) is 0. The zero-order chi connectivity index (χ0) is 19.9. The van der Waals surface area contributed by atoms with E-state index in [1.165, 1.54) is 6.07 Å². The van der Waals surface area contributed by atoms with Gasteiger partial charge in [-0.25, -0.2) is 18.7 Å². The lowest BCUT2D eigenvalue weighted by atomic mass is 9.97. The van der Waals surface area contributed by atoms with Gasteiger partial charge in [-0.1, -0.05) is 26.8 Å². The maximum absolute atomic E-state index is 13.3. The molecule has 0 N–H and O–H groups in total. The zero-order valence-electron chi connectivity index (χ0n) is 16.0. The number of alkyl halides is 2. The van der Waals surface area contributed by atoms with E-state index in [-0.39, 0.29) is 11.1 Å². The van der Waals surface area contributed by atoms with Crippen molar-refractivity contribution in [2.24, 2.45) is 5.41 Å². The second-order valence-corrected chi connectivity index (χ2v) is 8.03. The molecule has 144 valence electrons. The van der Waals surface area contributed by atoms with Crippen LogP contribution in [0.1, 0.15) is 32.9 Å². The number of pyridine rings is 2. The van der Waals surface area contributed by atoms with Crippen molar-refractivity contribution in [3.63, 3.8) is 0 Å². The summed E-state index contributed by atoms with van der Waals surface area (Å²) in [6.07, 6.45) is 6.43. The summed E-state index contributed by atoms with van der Waals surface area (Å²) in [6.45, 7) is 7.17. The fourth-order valence-corrected chi connectivity index (χ4v) is 3.18. The van der Waals surface area contributed by atoms with Gasteiger partial charge in [-0.05, 0) is 23.6 Å². The number of rotatable bonds is 4. The van der Waals surface area contributed by atoms with E-state index in [4.69, 9.17) is 0 Å². The molecule has 0 unspecified atom stereocenters. The smallest absolute Gasteiger partial charge is 0.280 e. The molecule has 7 heteroatoms. The second-order valence-electron chi connectivity index (χ2n) is 8.03. The summed E-state index contributed by atoms with van der Waals surface area (Å²) in [7, 11) is 0. The van der Waals surface area contributed by atoms with Crippen molar-refractivity contribution in [2.45, 2.75) is 33.7 Å². The third kappa shape index (κ3) is 3.65. The highest BCUT2D eigenvalue weighted by molar-refractivity contribution is 5.81. The van der Waals surface area contributed by atoms with Gasteiger partial charge in [0.25, 0.3) is 6.43 Å². The number of aromatic nitrogens is 5. The first-order valence-electron chi connectivity index (χ1n) is 9.05. The Hall–Kier alpha value is -3.09. The molecule has 4 aromatic heterocycles. The Balaban J connectivity index is 1.83. The number of halogens is 2. The van der Waals surface area contributed by atoms with Crippen molar-refractivity contribution >= 4 is 5.65 Å². The summed E-state index contributed by atoms with van der Waals surface area (Å²) in [4.78, 5) is 8.55. The first-order chi connectivity index (χ1) is 13.3. The quantitative estimate of drug-likeness (QED) is 0.485. The SMILES string of the molecule is CC(C)(C)Cn1cc(-c2ccc(C(F)F)nc2-c2ccn3ccnc3c2)cn1. The number of hydrogen-bond donors (Lipinski definition) is 0. The highest BCUT2D eigenvalue weighted by Gasteiger charge is 2.18. The summed E-state index contributed by atoms with van der Waals surface area (Å²) >= 11 is 0. The number of imidazole rings is 1. The van der Waals surface area contributed by atoms with Crippen molar-refractivity contribution in [3.8, 4) is 22.4 Å². The Kier molecular flexibility index (Phi) is 4.45. The molecule has 0 aliphatic rings. The fourth-order valence-electron chi connectivity index (χ4n) is 3.18. The molecule has 0 fully saturated rings. The van der Waals surface area contributed by atoms with Gasteiger partial charge in [0.05, 0.1) is 11.9 Å². The number of fused-ring (bicyclic) bond motifs is 1. The molecule has 0 saturated carbocycles. The van der Waals surface area contributed by atoms with E-state index < -0.39 is 6.43 Å². The van der Waals surface area contributed by atoms with Crippen molar-refractivity contribution in [1.82, 2.24) is 24.1 Å². The Morgan fingerprint density at radius 2 is 1.89 bits per heavy atom. The van der Waals surface area contributed by atoms with Crippen molar-refractivity contribution in [3.05, 3.63) is 60.9 Å². The maximum atomic E-state index is 13.3. The van der Waals surface area contributed by atoms with Crippen LogP contribution in [0.4, 0.5) is 8.78 Å². The monoisotopic (exact) mass is 381 g/mol. The summed E-state index contributed by atoms with van der Waals surface area (Å²) in [6, 6.07) is 6.77. The van der Waals surface area contributed by atoms with Gasteiger partial charge in [0.1, 0.15) is 11.3 Å². The predicted molar refractivity (Wildman–Crippen MR) is 104 cm³/mol. The van der Waals surface area contributed by atoms with Gasteiger partial charge in [-0.3, -0.25) is 4.68 Å². The first kappa shape index (κ1) is 18.3. The molecule has 0 radical (unpaired) electrons. The van der Waals surface area contributed by atoms with Gasteiger partial charge < -0.3 is 4.40 Å². The van der Waals surface area contributed by atoms with Crippen LogP contribution in [0.3, 0.4) is 0 Å². The summed E-state index contributed by atoms with van der Waals surface area (Å²) in [5, 5.41) is 4.44. The van der Waals surface area contributed by atoms with Crippen molar-refractivity contribution in [2.75, 3.05) is 0 Å². The van der Waals surface area contributed by atoms with Crippen LogP contribution in [0.5, 0.6) is 0 Å². The summed E-state index contributed by atoms with van der Waals surface area (Å²) < 4.78 is 30.3. The minimum atomic E-state index is -2.63. The highest BCUT2D eigenvalue weighted by atomic mass is 19.3. The Morgan fingerprint density at radius 1 is 1.07 bits per heavy atom. The lowest BCUT2D eigenvalue weighted by Gasteiger charge is -2.17. The lowest BCUT2D eigenvalue weighted by Crippen LogP contribution is -2.15. The molecule has 5 nitrogen and oxygen atoms in total. The third-order valence-corrected chi connectivity index (χ3v) is 4.39. The highest BCUT2D eigenvalue weighted by Crippen LogP contribution is 2.33. The topological polar surface area (TPSA) is 48.0 Å². The molecule has 0 bridgehead atoms. The standard InChI is InChI=1S/C21H21F2N5/c1-21(2,3)13-28-12-15(11-25-28)16-4-5-17(20(22)23)26-19(16)14-6-8-27-9-7-24-18(27)10-14/h4-12,20H,13H2,1-3H3. The normalized spacial score (nSPS) is 12.2. The number of hydrogen-bond acceptors (Lipinski definition) is 3. The van der Waals surface area contributed by atoms with E-state index in [1.807, 2.05) is 39.8 Å². The Labute approximate surface area is 161 Å². The van der Waals surface area contributed by atoms with E-state index in [1.54, 1.807) is 18.5 Å². The molecule has 0 atom stereocenters. The second kappa shape index (κ2) is 6.82. The number of nitrogens with zero attached hydrogens (tertiary/aromatic N) is 5. The molecule has 0 aliphatic carbocycles. The van der Waals surface area contributed by atoms with E-state index >= 15 is 0 Å². The van der Waals surface area contributed by atoms with Crippen LogP contribution >= 0.6 is 0 Å². The van der Waals surface area contributed by atoms with Crippen LogP contribution in [-0.4, -0.2) is 24.1 Å². The predicted octanol–water partition coefficient (Wildman–Crippen LogP) is 5.24. The van der Waals surface area contributed by atoms with E-state index in [9.17, 15) is 8.78 Å². The zero-order valence-corrected chi connectivity index (χ0v) is 16.0. The van der Waals surface area contributed by atoms with E-state index in [0.29, 0.717) is 5.69 Å². The molecular weight excluding hydrogens is 360 g/mol. The first-order valence-corrected chi connectivity index (χ1v) is 9.05. The molecule has 28 heavy (non-hydrogen) atoms. The van der Waals surface area contributed by atoms with E-state index in [0.717, 1.165) is 28.9 Å². The third-order valence-electron chi connectivity index (χ3n) is 4.39. The molecular formula is C21H21F2N5. The molecule has 0 aromatic carbocycles. The summed E-state index contributed by atoms with van der Waals surface area (Å²) in [5.41, 5.74) is 3.41. The molecule has 0 saturated heterocycles. The van der Waals surface area contributed by atoms with Crippen LogP contribution in [0, 0.1) is 5.41 Å². The molecule has 0 spiro atoms. The van der Waals surface area contributed by atoms with E-state index in [2.05, 4.69) is 35.8 Å². The molecule has 4 rings (SSSR count).